The first-order valence-corrected chi connectivity index (χ1v) is 5.24. The molecular formula is C12H16N2O3. The molecule has 0 radical (unpaired) electrons. The summed E-state index contributed by atoms with van der Waals surface area (Å²) in [5.41, 5.74) is 4.87. The Balaban J connectivity index is 2.52. The summed E-state index contributed by atoms with van der Waals surface area (Å²) in [6.45, 7) is 3.70. The molecule has 0 fully saturated rings. The van der Waals surface area contributed by atoms with Gasteiger partial charge < -0.3 is 5.32 Å². The molecule has 0 aliphatic rings. The molecule has 0 unspecified atom stereocenters. The van der Waals surface area contributed by atoms with Crippen molar-refractivity contribution in [2.24, 2.45) is 0 Å². The van der Waals surface area contributed by atoms with Gasteiger partial charge in [0.2, 0.25) is 5.91 Å². The van der Waals surface area contributed by atoms with E-state index in [1.165, 1.54) is 7.05 Å². The summed E-state index contributed by atoms with van der Waals surface area (Å²) in [4.78, 5) is 27.2. The Morgan fingerprint density at radius 2 is 1.94 bits per heavy atom. The monoisotopic (exact) mass is 236 g/mol. The van der Waals surface area contributed by atoms with Crippen LogP contribution in [0.15, 0.2) is 18.2 Å². The fourth-order valence-corrected chi connectivity index (χ4v) is 1.18. The Morgan fingerprint density at radius 3 is 2.53 bits per heavy atom. The van der Waals surface area contributed by atoms with Crippen molar-refractivity contribution in [1.29, 1.82) is 0 Å². The van der Waals surface area contributed by atoms with E-state index in [0.717, 1.165) is 11.1 Å². The van der Waals surface area contributed by atoms with Gasteiger partial charge in [0.25, 0.3) is 5.91 Å². The third-order valence-corrected chi connectivity index (χ3v) is 2.42. The Labute approximate surface area is 100 Å². The molecule has 0 bridgehead atoms. The highest BCUT2D eigenvalue weighted by molar-refractivity contribution is 5.93. The Hall–Kier alpha value is -1.88. The lowest BCUT2D eigenvalue weighted by Gasteiger charge is -2.06. The molecule has 0 aromatic heterocycles. The Bertz CT molecular complexity index is 430. The van der Waals surface area contributed by atoms with Crippen LogP contribution in [0.25, 0.3) is 0 Å². The molecule has 17 heavy (non-hydrogen) atoms. The molecule has 0 aliphatic heterocycles. The first-order valence-electron chi connectivity index (χ1n) is 5.24. The standard InChI is InChI=1S/C12H16N2O3/c1-8-4-5-10(6-9(8)2)12(16)14-17-7-11(15)13-3/h4-6H,7H2,1-3H3,(H,13,15)(H,14,16). The zero-order valence-electron chi connectivity index (χ0n) is 10.2. The smallest absolute Gasteiger partial charge is 0.274 e. The van der Waals surface area contributed by atoms with Gasteiger partial charge in [-0.15, -0.1) is 0 Å². The van der Waals surface area contributed by atoms with Crippen molar-refractivity contribution in [3.8, 4) is 0 Å². The minimum Gasteiger partial charge on any atom is -0.357 e. The van der Waals surface area contributed by atoms with Gasteiger partial charge in [-0.2, -0.15) is 0 Å². The normalized spacial score (nSPS) is 9.82. The van der Waals surface area contributed by atoms with E-state index >= 15 is 0 Å². The lowest BCUT2D eigenvalue weighted by molar-refractivity contribution is -0.126. The van der Waals surface area contributed by atoms with Crippen LogP contribution in [0.3, 0.4) is 0 Å². The Kier molecular flexibility index (Phi) is 4.66. The van der Waals surface area contributed by atoms with Gasteiger partial charge in [-0.1, -0.05) is 6.07 Å². The second-order valence-corrected chi connectivity index (χ2v) is 3.69. The third-order valence-electron chi connectivity index (χ3n) is 2.42. The van der Waals surface area contributed by atoms with Crippen molar-refractivity contribution in [2.45, 2.75) is 13.8 Å². The van der Waals surface area contributed by atoms with E-state index in [9.17, 15) is 9.59 Å². The fourth-order valence-electron chi connectivity index (χ4n) is 1.18. The fraction of sp³-hybridized carbons (Fsp3) is 0.333. The number of hydrogen-bond acceptors (Lipinski definition) is 3. The number of rotatable bonds is 4. The summed E-state index contributed by atoms with van der Waals surface area (Å²) < 4.78 is 0. The molecule has 1 aromatic carbocycles. The summed E-state index contributed by atoms with van der Waals surface area (Å²) in [5, 5.41) is 2.38. The van der Waals surface area contributed by atoms with Gasteiger partial charge in [0.05, 0.1) is 0 Å². The van der Waals surface area contributed by atoms with Crippen molar-refractivity contribution in [3.63, 3.8) is 0 Å². The highest BCUT2D eigenvalue weighted by Crippen LogP contribution is 2.09. The van der Waals surface area contributed by atoms with E-state index in [4.69, 9.17) is 4.84 Å². The minimum absolute atomic E-state index is 0.201. The largest absolute Gasteiger partial charge is 0.357 e. The van der Waals surface area contributed by atoms with Crippen LogP contribution < -0.4 is 10.8 Å². The molecule has 5 heteroatoms. The molecule has 2 amide bonds. The average Bonchev–Trinajstić information content (AvgIpc) is 2.32. The van der Waals surface area contributed by atoms with Gasteiger partial charge in [-0.05, 0) is 37.1 Å². The molecule has 92 valence electrons. The molecule has 0 heterocycles. The second kappa shape index (κ2) is 6.00. The number of hydrogen-bond donors (Lipinski definition) is 2. The van der Waals surface area contributed by atoms with Crippen LogP contribution in [0.5, 0.6) is 0 Å². The van der Waals surface area contributed by atoms with Crippen LogP contribution >= 0.6 is 0 Å². The van der Waals surface area contributed by atoms with E-state index < -0.39 is 0 Å². The minimum atomic E-state index is -0.364. The van der Waals surface area contributed by atoms with Gasteiger partial charge >= 0.3 is 0 Å². The molecule has 2 N–H and O–H groups in total. The van der Waals surface area contributed by atoms with Crippen LogP contribution in [-0.2, 0) is 9.63 Å². The predicted octanol–water partition coefficient (Wildman–Crippen LogP) is 0.711. The van der Waals surface area contributed by atoms with E-state index in [-0.39, 0.29) is 18.4 Å². The molecule has 0 saturated carbocycles. The highest BCUT2D eigenvalue weighted by atomic mass is 16.7. The lowest BCUT2D eigenvalue weighted by Crippen LogP contribution is -2.31. The molecule has 0 spiro atoms. The van der Waals surface area contributed by atoms with Crippen molar-refractivity contribution < 1.29 is 14.4 Å². The van der Waals surface area contributed by atoms with E-state index in [2.05, 4.69) is 10.8 Å². The van der Waals surface area contributed by atoms with E-state index in [1.807, 2.05) is 19.9 Å². The van der Waals surface area contributed by atoms with Crippen LogP contribution in [0.2, 0.25) is 0 Å². The number of nitrogens with one attached hydrogen (secondary N) is 2. The van der Waals surface area contributed by atoms with Gasteiger partial charge in [0.1, 0.15) is 0 Å². The number of likely N-dealkylation sites (N-methyl/N-ethyl adjacent to an activating group) is 1. The predicted molar refractivity (Wildman–Crippen MR) is 63.4 cm³/mol. The maximum Gasteiger partial charge on any atom is 0.274 e. The molecule has 1 rings (SSSR count). The molecule has 0 aliphatic carbocycles. The maximum absolute atomic E-state index is 11.6. The van der Waals surface area contributed by atoms with Crippen LogP contribution in [-0.4, -0.2) is 25.5 Å². The number of carbonyl (C=O) groups is 2. The number of amides is 2. The average molecular weight is 236 g/mol. The van der Waals surface area contributed by atoms with Crippen molar-refractivity contribution in [3.05, 3.63) is 34.9 Å². The SMILES string of the molecule is CNC(=O)CONC(=O)c1ccc(C)c(C)c1. The van der Waals surface area contributed by atoms with Gasteiger partial charge in [-0.25, -0.2) is 5.48 Å². The van der Waals surface area contributed by atoms with Crippen molar-refractivity contribution in [1.82, 2.24) is 10.8 Å². The topological polar surface area (TPSA) is 67.4 Å². The van der Waals surface area contributed by atoms with Crippen LogP contribution in [0.1, 0.15) is 21.5 Å². The third kappa shape index (κ3) is 3.88. The quantitative estimate of drug-likeness (QED) is 0.757. The van der Waals surface area contributed by atoms with E-state index in [1.54, 1.807) is 12.1 Å². The number of carbonyl (C=O) groups excluding carboxylic acids is 2. The zero-order valence-corrected chi connectivity index (χ0v) is 10.2. The van der Waals surface area contributed by atoms with E-state index in [0.29, 0.717) is 5.56 Å². The molecule has 5 nitrogen and oxygen atoms in total. The Morgan fingerprint density at radius 1 is 1.24 bits per heavy atom. The maximum atomic E-state index is 11.6. The number of aryl methyl sites for hydroxylation is 2. The molecular weight excluding hydrogens is 220 g/mol. The lowest BCUT2D eigenvalue weighted by atomic mass is 10.1. The summed E-state index contributed by atoms with van der Waals surface area (Å²) in [5.74, 6) is -0.664. The first kappa shape index (κ1) is 13.2. The summed E-state index contributed by atoms with van der Waals surface area (Å²) in [6.07, 6.45) is 0. The summed E-state index contributed by atoms with van der Waals surface area (Å²) >= 11 is 0. The summed E-state index contributed by atoms with van der Waals surface area (Å²) in [6, 6.07) is 5.35. The first-order chi connectivity index (χ1) is 8.04. The van der Waals surface area contributed by atoms with Crippen LogP contribution in [0.4, 0.5) is 0 Å². The number of benzene rings is 1. The zero-order chi connectivity index (χ0) is 12.8. The van der Waals surface area contributed by atoms with Crippen LogP contribution in [0, 0.1) is 13.8 Å². The van der Waals surface area contributed by atoms with Gasteiger partial charge in [0, 0.05) is 12.6 Å². The number of hydroxylamine groups is 1. The summed E-state index contributed by atoms with van der Waals surface area (Å²) in [7, 11) is 1.50. The van der Waals surface area contributed by atoms with Gasteiger partial charge in [-0.3, -0.25) is 14.4 Å². The van der Waals surface area contributed by atoms with Gasteiger partial charge in [0.15, 0.2) is 6.61 Å². The van der Waals surface area contributed by atoms with Crippen molar-refractivity contribution >= 4 is 11.8 Å². The molecule has 0 atom stereocenters. The molecule has 1 aromatic rings. The second-order valence-electron chi connectivity index (χ2n) is 3.69. The molecule has 0 saturated heterocycles. The van der Waals surface area contributed by atoms with Crippen molar-refractivity contribution in [2.75, 3.05) is 13.7 Å². The highest BCUT2D eigenvalue weighted by Gasteiger charge is 2.07.